The first kappa shape index (κ1) is 11.9. The molecule has 2 unspecified atom stereocenters. The second-order valence-corrected chi connectivity index (χ2v) is 6.60. The maximum absolute atomic E-state index is 5.45. The minimum absolute atomic E-state index is 0.475. The van der Waals surface area contributed by atoms with Gasteiger partial charge in [-0.25, -0.2) is 0 Å². The predicted molar refractivity (Wildman–Crippen MR) is 74.5 cm³/mol. The Labute approximate surface area is 122 Å². The topological polar surface area (TPSA) is 70.8 Å². The fourth-order valence-corrected chi connectivity index (χ4v) is 4.05. The molecule has 0 amide bonds. The van der Waals surface area contributed by atoms with Gasteiger partial charge < -0.3 is 4.52 Å². The van der Waals surface area contributed by atoms with E-state index in [0.717, 1.165) is 24.7 Å². The molecule has 3 aliphatic rings. The summed E-state index contributed by atoms with van der Waals surface area (Å²) in [7, 11) is 0. The van der Waals surface area contributed by atoms with Crippen molar-refractivity contribution in [2.24, 2.45) is 0 Å². The Morgan fingerprint density at radius 3 is 3.10 bits per heavy atom. The monoisotopic (exact) mass is 285 g/mol. The summed E-state index contributed by atoms with van der Waals surface area (Å²) in [5.74, 6) is 2.22. The van der Waals surface area contributed by atoms with Crippen molar-refractivity contribution in [3.63, 3.8) is 0 Å². The molecule has 110 valence electrons. The van der Waals surface area contributed by atoms with Crippen LogP contribution in [-0.2, 0) is 13.0 Å². The number of fused-ring (bicyclic) bond motifs is 4. The number of aromatic amines is 1. The van der Waals surface area contributed by atoms with Gasteiger partial charge in [0.2, 0.25) is 5.89 Å². The summed E-state index contributed by atoms with van der Waals surface area (Å²) in [6, 6.07) is 1.07. The molecule has 2 aromatic heterocycles. The quantitative estimate of drug-likeness (QED) is 0.937. The van der Waals surface area contributed by atoms with Crippen LogP contribution < -0.4 is 0 Å². The standard InChI is InChI=1S/C15H19N5O/c1-2-9(3-1)15-17-14(19-21-15)8-20-10-4-5-13(20)11-7-16-18-12(11)6-10/h7,9-10,13H,1-6,8H2,(H,16,18). The normalized spacial score (nSPS) is 28.6. The van der Waals surface area contributed by atoms with Crippen LogP contribution in [0, 0.1) is 0 Å². The fourth-order valence-electron chi connectivity index (χ4n) is 4.05. The number of hydrogen-bond donors (Lipinski definition) is 1. The van der Waals surface area contributed by atoms with Crippen LogP contribution in [0.3, 0.4) is 0 Å². The van der Waals surface area contributed by atoms with Gasteiger partial charge in [0.25, 0.3) is 0 Å². The molecule has 21 heavy (non-hydrogen) atoms. The van der Waals surface area contributed by atoms with E-state index in [1.807, 2.05) is 6.20 Å². The third-order valence-electron chi connectivity index (χ3n) is 5.46. The van der Waals surface area contributed by atoms with Gasteiger partial charge >= 0.3 is 0 Å². The SMILES string of the molecule is c1n[nH]c2c1C1CCC(C2)N1Cc1noc(C2CCC2)n1. The minimum atomic E-state index is 0.475. The van der Waals surface area contributed by atoms with Crippen molar-refractivity contribution in [1.29, 1.82) is 0 Å². The fraction of sp³-hybridized carbons (Fsp3) is 0.667. The zero-order valence-electron chi connectivity index (χ0n) is 12.0. The van der Waals surface area contributed by atoms with Gasteiger partial charge in [-0.15, -0.1) is 0 Å². The first-order valence-electron chi connectivity index (χ1n) is 7.99. The average molecular weight is 285 g/mol. The highest BCUT2D eigenvalue weighted by Crippen LogP contribution is 2.43. The van der Waals surface area contributed by atoms with E-state index in [0.29, 0.717) is 18.0 Å². The largest absolute Gasteiger partial charge is 0.339 e. The summed E-state index contributed by atoms with van der Waals surface area (Å²) < 4.78 is 5.45. The Hall–Kier alpha value is -1.69. The average Bonchev–Trinajstić information content (AvgIpc) is 3.11. The van der Waals surface area contributed by atoms with Crippen LogP contribution in [0.5, 0.6) is 0 Å². The summed E-state index contributed by atoms with van der Waals surface area (Å²) in [6.07, 6.45) is 9.22. The first-order chi connectivity index (χ1) is 10.4. The number of hydrogen-bond acceptors (Lipinski definition) is 5. The molecule has 2 aromatic rings. The van der Waals surface area contributed by atoms with Crippen LogP contribution in [0.25, 0.3) is 0 Å². The van der Waals surface area contributed by atoms with Crippen molar-refractivity contribution in [3.8, 4) is 0 Å². The molecular weight excluding hydrogens is 266 g/mol. The van der Waals surface area contributed by atoms with Crippen molar-refractivity contribution in [2.75, 3.05) is 0 Å². The van der Waals surface area contributed by atoms with Crippen LogP contribution in [0.2, 0.25) is 0 Å². The molecule has 1 saturated heterocycles. The molecule has 2 aliphatic heterocycles. The van der Waals surface area contributed by atoms with Crippen molar-refractivity contribution in [3.05, 3.63) is 29.2 Å². The lowest BCUT2D eigenvalue weighted by Crippen LogP contribution is -2.37. The molecule has 1 N–H and O–H groups in total. The summed E-state index contributed by atoms with van der Waals surface area (Å²) >= 11 is 0. The number of aromatic nitrogens is 4. The van der Waals surface area contributed by atoms with Gasteiger partial charge in [-0.1, -0.05) is 11.6 Å². The third-order valence-corrected chi connectivity index (χ3v) is 5.46. The van der Waals surface area contributed by atoms with Crippen molar-refractivity contribution in [2.45, 2.75) is 63.1 Å². The van der Waals surface area contributed by atoms with E-state index >= 15 is 0 Å². The molecule has 1 aliphatic carbocycles. The van der Waals surface area contributed by atoms with Crippen molar-refractivity contribution in [1.82, 2.24) is 25.2 Å². The van der Waals surface area contributed by atoms with Crippen molar-refractivity contribution >= 4 is 0 Å². The maximum atomic E-state index is 5.45. The lowest BCUT2D eigenvalue weighted by molar-refractivity contribution is 0.161. The van der Waals surface area contributed by atoms with E-state index in [1.165, 1.54) is 43.4 Å². The third kappa shape index (κ3) is 1.78. The van der Waals surface area contributed by atoms with Crippen LogP contribution in [0.4, 0.5) is 0 Å². The molecular formula is C15H19N5O. The summed E-state index contributed by atoms with van der Waals surface area (Å²) in [4.78, 5) is 7.16. The molecule has 1 saturated carbocycles. The van der Waals surface area contributed by atoms with Crippen LogP contribution >= 0.6 is 0 Å². The van der Waals surface area contributed by atoms with Gasteiger partial charge in [0.1, 0.15) is 0 Å². The molecule has 0 spiro atoms. The Morgan fingerprint density at radius 2 is 2.24 bits per heavy atom. The Kier molecular flexibility index (Phi) is 2.50. The van der Waals surface area contributed by atoms with Crippen molar-refractivity contribution < 1.29 is 4.52 Å². The highest BCUT2D eigenvalue weighted by molar-refractivity contribution is 5.28. The van der Waals surface area contributed by atoms with E-state index in [9.17, 15) is 0 Å². The molecule has 2 atom stereocenters. The minimum Gasteiger partial charge on any atom is -0.339 e. The molecule has 6 nitrogen and oxygen atoms in total. The van der Waals surface area contributed by atoms with Gasteiger partial charge in [0, 0.05) is 35.7 Å². The van der Waals surface area contributed by atoms with E-state index < -0.39 is 0 Å². The van der Waals surface area contributed by atoms with Crippen LogP contribution in [-0.4, -0.2) is 31.3 Å². The predicted octanol–water partition coefficient (Wildman–Crippen LogP) is 2.32. The first-order valence-corrected chi connectivity index (χ1v) is 7.99. The lowest BCUT2D eigenvalue weighted by Gasteiger charge is -2.33. The molecule has 5 rings (SSSR count). The zero-order valence-corrected chi connectivity index (χ0v) is 12.0. The second kappa shape index (κ2) is 4.40. The Bertz CT molecular complexity index is 659. The smallest absolute Gasteiger partial charge is 0.229 e. The van der Waals surface area contributed by atoms with Gasteiger partial charge in [-0.2, -0.15) is 10.1 Å². The molecule has 6 heteroatoms. The number of rotatable bonds is 3. The van der Waals surface area contributed by atoms with Gasteiger partial charge in [0.15, 0.2) is 5.82 Å². The van der Waals surface area contributed by atoms with Gasteiger partial charge in [-0.05, 0) is 25.7 Å². The van der Waals surface area contributed by atoms with E-state index in [2.05, 4.69) is 25.2 Å². The highest BCUT2D eigenvalue weighted by atomic mass is 16.5. The second-order valence-electron chi connectivity index (χ2n) is 6.60. The number of nitrogens with one attached hydrogen (secondary N) is 1. The van der Waals surface area contributed by atoms with E-state index in [4.69, 9.17) is 4.52 Å². The zero-order chi connectivity index (χ0) is 13.8. The van der Waals surface area contributed by atoms with E-state index in [1.54, 1.807) is 0 Å². The summed E-state index contributed by atoms with van der Waals surface area (Å²) in [5.41, 5.74) is 2.69. The van der Waals surface area contributed by atoms with Crippen LogP contribution in [0.1, 0.15) is 67.0 Å². The molecule has 2 bridgehead atoms. The number of H-pyrrole nitrogens is 1. The highest BCUT2D eigenvalue weighted by Gasteiger charge is 2.41. The summed E-state index contributed by atoms with van der Waals surface area (Å²) in [6.45, 7) is 0.802. The molecule has 0 radical (unpaired) electrons. The maximum Gasteiger partial charge on any atom is 0.229 e. The van der Waals surface area contributed by atoms with Gasteiger partial charge in [-0.3, -0.25) is 10.00 Å². The number of nitrogens with zero attached hydrogens (tertiary/aromatic N) is 4. The molecule has 2 fully saturated rings. The molecule has 4 heterocycles. The van der Waals surface area contributed by atoms with E-state index in [-0.39, 0.29) is 0 Å². The molecule has 0 aromatic carbocycles. The summed E-state index contributed by atoms with van der Waals surface area (Å²) in [5, 5.41) is 11.6. The lowest BCUT2D eigenvalue weighted by atomic mass is 9.85. The van der Waals surface area contributed by atoms with Crippen LogP contribution in [0.15, 0.2) is 10.7 Å². The Balaban J connectivity index is 1.38. The van der Waals surface area contributed by atoms with Gasteiger partial charge in [0.05, 0.1) is 12.7 Å². The Morgan fingerprint density at radius 1 is 1.29 bits per heavy atom.